The summed E-state index contributed by atoms with van der Waals surface area (Å²) >= 11 is 0. The van der Waals surface area contributed by atoms with Crippen molar-refractivity contribution in [3.05, 3.63) is 46.2 Å². The van der Waals surface area contributed by atoms with E-state index in [1.54, 1.807) is 4.57 Å². The highest BCUT2D eigenvalue weighted by Crippen LogP contribution is 2.41. The molecule has 94 valence electrons. The van der Waals surface area contributed by atoms with E-state index in [1.807, 2.05) is 31.3 Å². The molecule has 3 nitrogen and oxygen atoms in total. The Hall–Kier alpha value is -1.61. The van der Waals surface area contributed by atoms with Crippen LogP contribution in [0.1, 0.15) is 24.8 Å². The molecule has 0 saturated heterocycles. The molecule has 1 aliphatic rings. The maximum absolute atomic E-state index is 12.5. The molecule has 1 aromatic carbocycles. The fourth-order valence-corrected chi connectivity index (χ4v) is 2.99. The lowest BCUT2D eigenvalue weighted by Gasteiger charge is -2.41. The van der Waals surface area contributed by atoms with E-state index < -0.39 is 0 Å². The molecule has 2 aromatic rings. The molecule has 1 saturated carbocycles. The lowest BCUT2D eigenvalue weighted by Crippen LogP contribution is -2.46. The highest BCUT2D eigenvalue weighted by molar-refractivity contribution is 5.79. The summed E-state index contributed by atoms with van der Waals surface area (Å²) in [4.78, 5) is 12.5. The summed E-state index contributed by atoms with van der Waals surface area (Å²) in [6.45, 7) is 0.570. The van der Waals surface area contributed by atoms with Gasteiger partial charge in [0.15, 0.2) is 0 Å². The van der Waals surface area contributed by atoms with Gasteiger partial charge in [-0.1, -0.05) is 24.6 Å². The average Bonchev–Trinajstić information content (AvgIpc) is 2.35. The number of nitrogens with zero attached hydrogens (tertiary/aromatic N) is 1. The Morgan fingerprint density at radius 2 is 2.06 bits per heavy atom. The van der Waals surface area contributed by atoms with Crippen LogP contribution >= 0.6 is 0 Å². The van der Waals surface area contributed by atoms with E-state index in [0.29, 0.717) is 6.54 Å². The van der Waals surface area contributed by atoms with Crippen molar-refractivity contribution in [3.63, 3.8) is 0 Å². The van der Waals surface area contributed by atoms with E-state index in [-0.39, 0.29) is 11.0 Å². The van der Waals surface area contributed by atoms with Gasteiger partial charge in [0.2, 0.25) is 0 Å². The molecule has 3 rings (SSSR count). The number of nitrogens with two attached hydrogens (primary N) is 1. The predicted molar refractivity (Wildman–Crippen MR) is 73.8 cm³/mol. The van der Waals surface area contributed by atoms with Gasteiger partial charge < -0.3 is 10.3 Å². The second kappa shape index (κ2) is 3.95. The first kappa shape index (κ1) is 11.5. The van der Waals surface area contributed by atoms with Gasteiger partial charge in [-0.2, -0.15) is 0 Å². The highest BCUT2D eigenvalue weighted by atomic mass is 16.1. The van der Waals surface area contributed by atoms with Crippen LogP contribution in [0, 0.1) is 0 Å². The van der Waals surface area contributed by atoms with Crippen LogP contribution in [0.2, 0.25) is 0 Å². The average molecular weight is 242 g/mol. The summed E-state index contributed by atoms with van der Waals surface area (Å²) in [7, 11) is 1.84. The minimum absolute atomic E-state index is 0.0706. The highest BCUT2D eigenvalue weighted by Gasteiger charge is 2.39. The molecule has 0 aliphatic heterocycles. The topological polar surface area (TPSA) is 48.0 Å². The number of aryl methyl sites for hydroxylation is 1. The second-order valence-electron chi connectivity index (χ2n) is 5.32. The molecular weight excluding hydrogens is 224 g/mol. The zero-order valence-electron chi connectivity index (χ0n) is 10.6. The third-order valence-electron chi connectivity index (χ3n) is 4.41. The molecule has 1 heterocycles. The molecule has 0 bridgehead atoms. The maximum atomic E-state index is 12.5. The molecule has 0 unspecified atom stereocenters. The van der Waals surface area contributed by atoms with E-state index in [1.165, 1.54) is 6.42 Å². The number of rotatable bonds is 2. The number of aromatic nitrogens is 1. The van der Waals surface area contributed by atoms with Crippen LogP contribution < -0.4 is 11.3 Å². The number of hydrogen-bond acceptors (Lipinski definition) is 2. The van der Waals surface area contributed by atoms with Crippen LogP contribution in [0.15, 0.2) is 35.1 Å². The predicted octanol–water partition coefficient (Wildman–Crippen LogP) is 1.92. The van der Waals surface area contributed by atoms with Crippen molar-refractivity contribution >= 4 is 10.9 Å². The van der Waals surface area contributed by atoms with Crippen LogP contribution in [0.5, 0.6) is 0 Å². The molecule has 3 heteroatoms. The van der Waals surface area contributed by atoms with Gasteiger partial charge in [0, 0.05) is 24.6 Å². The first-order valence-corrected chi connectivity index (χ1v) is 6.47. The fourth-order valence-electron chi connectivity index (χ4n) is 2.99. The summed E-state index contributed by atoms with van der Waals surface area (Å²) in [5.41, 5.74) is 7.84. The Balaban J connectivity index is 2.31. The van der Waals surface area contributed by atoms with Crippen molar-refractivity contribution in [2.45, 2.75) is 24.7 Å². The van der Waals surface area contributed by atoms with Crippen molar-refractivity contribution in [2.75, 3.05) is 6.54 Å². The molecule has 0 spiro atoms. The Morgan fingerprint density at radius 1 is 1.33 bits per heavy atom. The molecule has 1 aromatic heterocycles. The van der Waals surface area contributed by atoms with Crippen LogP contribution in [-0.2, 0) is 12.5 Å². The van der Waals surface area contributed by atoms with Gasteiger partial charge in [-0.05, 0) is 30.4 Å². The van der Waals surface area contributed by atoms with Gasteiger partial charge in [-0.25, -0.2) is 0 Å². The van der Waals surface area contributed by atoms with Crippen molar-refractivity contribution in [1.29, 1.82) is 0 Å². The summed E-state index contributed by atoms with van der Waals surface area (Å²) in [6.07, 6.45) is 3.25. The summed E-state index contributed by atoms with van der Waals surface area (Å²) in [5, 5.41) is 1.12. The van der Waals surface area contributed by atoms with Crippen molar-refractivity contribution in [3.8, 4) is 0 Å². The van der Waals surface area contributed by atoms with E-state index >= 15 is 0 Å². The van der Waals surface area contributed by atoms with Crippen LogP contribution in [-0.4, -0.2) is 11.1 Å². The van der Waals surface area contributed by atoms with Gasteiger partial charge in [0.1, 0.15) is 0 Å². The summed E-state index contributed by atoms with van der Waals surface area (Å²) in [5.74, 6) is 0. The number of benzene rings is 1. The Bertz CT molecular complexity index is 648. The smallest absolute Gasteiger partial charge is 0.254 e. The van der Waals surface area contributed by atoms with E-state index in [9.17, 15) is 4.79 Å². The van der Waals surface area contributed by atoms with Gasteiger partial charge in [-0.15, -0.1) is 0 Å². The van der Waals surface area contributed by atoms with Gasteiger partial charge >= 0.3 is 0 Å². The number of para-hydroxylation sites is 1. The van der Waals surface area contributed by atoms with Crippen LogP contribution in [0.4, 0.5) is 0 Å². The minimum atomic E-state index is -0.0706. The normalized spacial score (nSPS) is 17.7. The number of pyridine rings is 1. The zero-order chi connectivity index (χ0) is 12.8. The lowest BCUT2D eigenvalue weighted by atomic mass is 9.64. The van der Waals surface area contributed by atoms with Crippen molar-refractivity contribution < 1.29 is 0 Å². The van der Waals surface area contributed by atoms with Gasteiger partial charge in [-0.3, -0.25) is 4.79 Å². The monoisotopic (exact) mass is 242 g/mol. The maximum Gasteiger partial charge on any atom is 0.254 e. The molecule has 2 N–H and O–H groups in total. The van der Waals surface area contributed by atoms with Crippen molar-refractivity contribution in [1.82, 2.24) is 4.57 Å². The number of hydrogen-bond donors (Lipinski definition) is 1. The zero-order valence-corrected chi connectivity index (χ0v) is 10.6. The first-order valence-electron chi connectivity index (χ1n) is 6.47. The Kier molecular flexibility index (Phi) is 2.52. The molecule has 0 radical (unpaired) electrons. The third-order valence-corrected chi connectivity index (χ3v) is 4.41. The SMILES string of the molecule is Cn1c(=O)c(C2(CN)CCC2)cc2ccccc21. The van der Waals surface area contributed by atoms with E-state index in [2.05, 4.69) is 6.07 Å². The van der Waals surface area contributed by atoms with Crippen LogP contribution in [0.25, 0.3) is 10.9 Å². The summed E-state index contributed by atoms with van der Waals surface area (Å²) < 4.78 is 1.75. The van der Waals surface area contributed by atoms with Gasteiger partial charge in [0.25, 0.3) is 5.56 Å². The molecular formula is C15H18N2O. The van der Waals surface area contributed by atoms with Gasteiger partial charge in [0.05, 0.1) is 5.52 Å². The standard InChI is InChI=1S/C15H18N2O/c1-17-13-6-3-2-5-11(13)9-12(14(17)18)15(10-16)7-4-8-15/h2-3,5-6,9H,4,7-8,10,16H2,1H3. The Labute approximate surface area is 106 Å². The quantitative estimate of drug-likeness (QED) is 0.874. The Morgan fingerprint density at radius 3 is 2.67 bits per heavy atom. The van der Waals surface area contributed by atoms with E-state index in [0.717, 1.165) is 29.3 Å². The third kappa shape index (κ3) is 1.44. The molecule has 1 fully saturated rings. The van der Waals surface area contributed by atoms with Crippen molar-refractivity contribution in [2.24, 2.45) is 12.8 Å². The minimum Gasteiger partial charge on any atom is -0.330 e. The fraction of sp³-hybridized carbons (Fsp3) is 0.400. The number of fused-ring (bicyclic) bond motifs is 1. The molecule has 1 aliphatic carbocycles. The first-order chi connectivity index (χ1) is 8.68. The summed E-state index contributed by atoms with van der Waals surface area (Å²) in [6, 6.07) is 10.1. The van der Waals surface area contributed by atoms with Crippen LogP contribution in [0.3, 0.4) is 0 Å². The molecule has 18 heavy (non-hydrogen) atoms. The molecule has 0 amide bonds. The lowest BCUT2D eigenvalue weighted by molar-refractivity contribution is 0.250. The largest absolute Gasteiger partial charge is 0.330 e. The second-order valence-corrected chi connectivity index (χ2v) is 5.32. The molecule has 0 atom stereocenters. The van der Waals surface area contributed by atoms with E-state index in [4.69, 9.17) is 5.73 Å².